The van der Waals surface area contributed by atoms with Crippen LogP contribution < -0.4 is 11.3 Å². The Morgan fingerprint density at radius 1 is 1.67 bits per heavy atom. The Labute approximate surface area is 102 Å². The molecule has 0 bridgehead atoms. The fraction of sp³-hybridized carbons (Fsp3) is 0.400. The topological polar surface area (TPSA) is 119 Å². The molecule has 0 radical (unpaired) electrons. The molecular formula is C10H12N4O4. The molecule has 1 aliphatic heterocycles. The van der Waals surface area contributed by atoms with Crippen LogP contribution in [0.15, 0.2) is 10.6 Å². The second-order valence-corrected chi connectivity index (χ2v) is 4.08. The van der Waals surface area contributed by atoms with E-state index in [9.17, 15) is 14.4 Å². The van der Waals surface area contributed by atoms with Crippen LogP contribution in [0.25, 0.3) is 0 Å². The summed E-state index contributed by atoms with van der Waals surface area (Å²) in [5, 5.41) is 3.48. The minimum atomic E-state index is -0.600. The van der Waals surface area contributed by atoms with Gasteiger partial charge in [0.1, 0.15) is 0 Å². The van der Waals surface area contributed by atoms with E-state index in [1.54, 1.807) is 6.92 Å². The summed E-state index contributed by atoms with van der Waals surface area (Å²) in [6, 6.07) is 1.34. The molecule has 2 rings (SSSR count). The van der Waals surface area contributed by atoms with Crippen LogP contribution in [0.1, 0.15) is 29.6 Å². The molecule has 8 heteroatoms. The fourth-order valence-corrected chi connectivity index (χ4v) is 1.74. The fourth-order valence-electron chi connectivity index (χ4n) is 1.74. The third kappa shape index (κ3) is 2.09. The highest BCUT2D eigenvalue weighted by atomic mass is 16.5. The van der Waals surface area contributed by atoms with Gasteiger partial charge in [-0.05, 0) is 0 Å². The molecule has 0 aliphatic carbocycles. The highest BCUT2D eigenvalue weighted by Gasteiger charge is 2.36. The minimum Gasteiger partial charge on any atom is -0.359 e. The van der Waals surface area contributed by atoms with E-state index in [2.05, 4.69) is 5.16 Å². The number of aromatic nitrogens is 1. The van der Waals surface area contributed by atoms with E-state index in [4.69, 9.17) is 10.4 Å². The summed E-state index contributed by atoms with van der Waals surface area (Å²) in [6.45, 7) is 1.67. The standard InChI is InChI=1S/C10H12N4O4/c1-5-2-8(15)14(10(5)17)4-6-3-7(13-18-6)9(16)12-11/h3,5H,2,4,11H2,1H3,(H,12,16). The van der Waals surface area contributed by atoms with Crippen molar-refractivity contribution in [2.75, 3.05) is 0 Å². The van der Waals surface area contributed by atoms with E-state index in [0.29, 0.717) is 0 Å². The van der Waals surface area contributed by atoms with Crippen LogP contribution in [-0.2, 0) is 16.1 Å². The molecule has 1 saturated heterocycles. The molecule has 1 aromatic rings. The van der Waals surface area contributed by atoms with E-state index in [1.807, 2.05) is 5.43 Å². The number of carbonyl (C=O) groups excluding carboxylic acids is 3. The normalized spacial score (nSPS) is 19.4. The largest absolute Gasteiger partial charge is 0.359 e. The zero-order chi connectivity index (χ0) is 13.3. The van der Waals surface area contributed by atoms with Crippen molar-refractivity contribution in [2.45, 2.75) is 19.9 Å². The summed E-state index contributed by atoms with van der Waals surface area (Å²) in [5.74, 6) is 3.78. The first kappa shape index (κ1) is 12.2. The summed E-state index contributed by atoms with van der Waals surface area (Å²) >= 11 is 0. The van der Waals surface area contributed by atoms with Crippen molar-refractivity contribution in [3.63, 3.8) is 0 Å². The summed E-state index contributed by atoms with van der Waals surface area (Å²) in [5.41, 5.74) is 1.90. The van der Waals surface area contributed by atoms with Gasteiger partial charge in [-0.3, -0.25) is 24.7 Å². The lowest BCUT2D eigenvalue weighted by atomic mass is 10.1. The number of nitrogens with one attached hydrogen (secondary N) is 1. The molecule has 2 heterocycles. The molecule has 3 amide bonds. The number of imide groups is 1. The third-order valence-electron chi connectivity index (χ3n) is 2.71. The molecular weight excluding hydrogens is 240 g/mol. The molecule has 0 aromatic carbocycles. The first-order chi connectivity index (χ1) is 8.52. The molecule has 1 atom stereocenters. The second kappa shape index (κ2) is 4.57. The van der Waals surface area contributed by atoms with Crippen molar-refractivity contribution >= 4 is 17.7 Å². The average Bonchev–Trinajstić information content (AvgIpc) is 2.90. The molecule has 8 nitrogen and oxygen atoms in total. The van der Waals surface area contributed by atoms with Crippen LogP contribution in [0, 0.1) is 5.92 Å². The maximum absolute atomic E-state index is 11.7. The number of hydrazine groups is 1. The molecule has 1 aliphatic rings. The zero-order valence-electron chi connectivity index (χ0n) is 9.67. The zero-order valence-corrected chi connectivity index (χ0v) is 9.67. The number of rotatable bonds is 3. The quantitative estimate of drug-likeness (QED) is 0.314. The summed E-state index contributed by atoms with van der Waals surface area (Å²) < 4.78 is 4.87. The van der Waals surface area contributed by atoms with Crippen molar-refractivity contribution < 1.29 is 18.9 Å². The number of nitrogens with zero attached hydrogens (tertiary/aromatic N) is 2. The third-order valence-corrected chi connectivity index (χ3v) is 2.71. The van der Waals surface area contributed by atoms with Crippen molar-refractivity contribution in [3.8, 4) is 0 Å². The van der Waals surface area contributed by atoms with Gasteiger partial charge in [0, 0.05) is 18.4 Å². The smallest absolute Gasteiger partial charge is 0.287 e. The van der Waals surface area contributed by atoms with Gasteiger partial charge in [-0.25, -0.2) is 5.84 Å². The molecule has 1 unspecified atom stereocenters. The Hall–Kier alpha value is -2.22. The number of hydrogen-bond donors (Lipinski definition) is 2. The van der Waals surface area contributed by atoms with E-state index >= 15 is 0 Å². The van der Waals surface area contributed by atoms with Crippen LogP contribution in [0.2, 0.25) is 0 Å². The minimum absolute atomic E-state index is 0.000330. The first-order valence-electron chi connectivity index (χ1n) is 5.33. The molecule has 1 aromatic heterocycles. The molecule has 18 heavy (non-hydrogen) atoms. The number of amides is 3. The van der Waals surface area contributed by atoms with Gasteiger partial charge in [-0.15, -0.1) is 0 Å². The van der Waals surface area contributed by atoms with Crippen molar-refractivity contribution in [1.82, 2.24) is 15.5 Å². The Bertz CT molecular complexity index is 510. The number of nitrogens with two attached hydrogens (primary N) is 1. The maximum atomic E-state index is 11.7. The molecule has 0 saturated carbocycles. The summed E-state index contributed by atoms with van der Waals surface area (Å²) in [4.78, 5) is 35.4. The monoisotopic (exact) mass is 252 g/mol. The van der Waals surface area contributed by atoms with Gasteiger partial charge in [-0.1, -0.05) is 12.1 Å². The number of nitrogen functional groups attached to an aromatic ring is 1. The Morgan fingerprint density at radius 2 is 2.39 bits per heavy atom. The van der Waals surface area contributed by atoms with Crippen molar-refractivity contribution in [3.05, 3.63) is 17.5 Å². The highest BCUT2D eigenvalue weighted by Crippen LogP contribution is 2.21. The van der Waals surface area contributed by atoms with Gasteiger partial charge < -0.3 is 4.52 Å². The van der Waals surface area contributed by atoms with Crippen LogP contribution in [-0.4, -0.2) is 27.8 Å². The van der Waals surface area contributed by atoms with Crippen LogP contribution in [0.3, 0.4) is 0 Å². The maximum Gasteiger partial charge on any atom is 0.287 e. The SMILES string of the molecule is CC1CC(=O)N(Cc2cc(C(=O)NN)no2)C1=O. The van der Waals surface area contributed by atoms with Crippen LogP contribution in [0.5, 0.6) is 0 Å². The van der Waals surface area contributed by atoms with Crippen LogP contribution >= 0.6 is 0 Å². The predicted octanol–water partition coefficient (Wildman–Crippen LogP) is -0.827. The Morgan fingerprint density at radius 3 is 2.94 bits per heavy atom. The lowest BCUT2D eigenvalue weighted by Gasteiger charge is -2.11. The molecule has 1 fully saturated rings. The van der Waals surface area contributed by atoms with Crippen molar-refractivity contribution in [2.24, 2.45) is 11.8 Å². The van der Waals surface area contributed by atoms with Crippen molar-refractivity contribution in [1.29, 1.82) is 0 Å². The number of carbonyl (C=O) groups is 3. The molecule has 0 spiro atoms. The number of hydrogen-bond acceptors (Lipinski definition) is 6. The lowest BCUT2D eigenvalue weighted by Crippen LogP contribution is -2.30. The Kier molecular flexibility index (Phi) is 3.11. The van der Waals surface area contributed by atoms with E-state index < -0.39 is 5.91 Å². The Balaban J connectivity index is 2.10. The van der Waals surface area contributed by atoms with Gasteiger partial charge in [0.15, 0.2) is 11.5 Å². The van der Waals surface area contributed by atoms with Gasteiger partial charge in [0.05, 0.1) is 6.54 Å². The number of likely N-dealkylation sites (tertiary alicyclic amines) is 1. The molecule has 96 valence electrons. The van der Waals surface area contributed by atoms with E-state index in [0.717, 1.165) is 4.90 Å². The van der Waals surface area contributed by atoms with E-state index in [1.165, 1.54) is 6.07 Å². The average molecular weight is 252 g/mol. The van der Waals surface area contributed by atoms with Crippen LogP contribution in [0.4, 0.5) is 0 Å². The summed E-state index contributed by atoms with van der Waals surface area (Å²) in [7, 11) is 0. The molecule has 3 N–H and O–H groups in total. The van der Waals surface area contributed by atoms with E-state index in [-0.39, 0.29) is 42.2 Å². The second-order valence-electron chi connectivity index (χ2n) is 4.08. The van der Waals surface area contributed by atoms with Gasteiger partial charge >= 0.3 is 0 Å². The first-order valence-corrected chi connectivity index (χ1v) is 5.33. The van der Waals surface area contributed by atoms with Gasteiger partial charge in [0.2, 0.25) is 11.8 Å². The lowest BCUT2D eigenvalue weighted by molar-refractivity contribution is -0.140. The predicted molar refractivity (Wildman–Crippen MR) is 57.5 cm³/mol. The highest BCUT2D eigenvalue weighted by molar-refractivity contribution is 6.03. The summed E-state index contributed by atoms with van der Waals surface area (Å²) in [6.07, 6.45) is 0.198. The van der Waals surface area contributed by atoms with Gasteiger partial charge in [-0.2, -0.15) is 0 Å². The van der Waals surface area contributed by atoms with Gasteiger partial charge in [0.25, 0.3) is 5.91 Å².